The third kappa shape index (κ3) is 3.11. The molecule has 0 saturated carbocycles. The molecule has 0 aliphatic rings. The van der Waals surface area contributed by atoms with Crippen molar-refractivity contribution in [3.8, 4) is 5.75 Å². The van der Waals surface area contributed by atoms with E-state index >= 15 is 0 Å². The van der Waals surface area contributed by atoms with Crippen molar-refractivity contribution >= 4 is 28.4 Å². The molecule has 3 rings (SSSR count). The molecule has 0 fully saturated rings. The second kappa shape index (κ2) is 6.15. The van der Waals surface area contributed by atoms with Crippen LogP contribution in [0.2, 0.25) is 0 Å². The SMILES string of the molecule is O=[N+]([O-])c1ccc(N/N=C/c2c(O)ccc3ccccc23)cc1. The van der Waals surface area contributed by atoms with Gasteiger partial charge in [-0.25, -0.2) is 0 Å². The van der Waals surface area contributed by atoms with Crippen molar-refractivity contribution in [2.24, 2.45) is 5.10 Å². The van der Waals surface area contributed by atoms with E-state index in [9.17, 15) is 15.2 Å². The predicted octanol–water partition coefficient (Wildman–Crippen LogP) is 3.90. The van der Waals surface area contributed by atoms with Crippen LogP contribution in [0.3, 0.4) is 0 Å². The van der Waals surface area contributed by atoms with Crippen LogP contribution in [-0.4, -0.2) is 16.2 Å². The molecule has 6 nitrogen and oxygen atoms in total. The van der Waals surface area contributed by atoms with Gasteiger partial charge in [0.2, 0.25) is 0 Å². The van der Waals surface area contributed by atoms with E-state index < -0.39 is 4.92 Å². The number of rotatable bonds is 4. The Morgan fingerprint density at radius 3 is 2.52 bits per heavy atom. The molecule has 0 aliphatic heterocycles. The fraction of sp³-hybridized carbons (Fsp3) is 0. The van der Waals surface area contributed by atoms with Crippen molar-refractivity contribution in [1.29, 1.82) is 0 Å². The molecule has 6 heteroatoms. The zero-order valence-corrected chi connectivity index (χ0v) is 12.0. The number of phenolic OH excluding ortho intramolecular Hbond substituents is 1. The first-order valence-electron chi connectivity index (χ1n) is 6.89. The van der Waals surface area contributed by atoms with E-state index in [1.165, 1.54) is 18.3 Å². The number of phenols is 1. The van der Waals surface area contributed by atoms with Gasteiger partial charge in [-0.3, -0.25) is 15.5 Å². The molecule has 0 unspecified atom stereocenters. The molecule has 0 spiro atoms. The van der Waals surface area contributed by atoms with E-state index in [4.69, 9.17) is 0 Å². The molecule has 0 aromatic heterocycles. The zero-order valence-electron chi connectivity index (χ0n) is 12.0. The van der Waals surface area contributed by atoms with Crippen LogP contribution in [0.4, 0.5) is 11.4 Å². The number of nitro benzene ring substituents is 1. The fourth-order valence-electron chi connectivity index (χ4n) is 2.25. The molecule has 0 aliphatic carbocycles. The van der Waals surface area contributed by atoms with Gasteiger partial charge in [0, 0.05) is 17.7 Å². The summed E-state index contributed by atoms with van der Waals surface area (Å²) < 4.78 is 0. The van der Waals surface area contributed by atoms with Gasteiger partial charge < -0.3 is 5.11 Å². The highest BCUT2D eigenvalue weighted by molar-refractivity contribution is 6.02. The van der Waals surface area contributed by atoms with Crippen molar-refractivity contribution in [2.75, 3.05) is 5.43 Å². The highest BCUT2D eigenvalue weighted by Crippen LogP contribution is 2.25. The van der Waals surface area contributed by atoms with Crippen LogP contribution >= 0.6 is 0 Å². The number of hydrogen-bond donors (Lipinski definition) is 2. The second-order valence-corrected chi connectivity index (χ2v) is 4.89. The largest absolute Gasteiger partial charge is 0.507 e. The van der Waals surface area contributed by atoms with Crippen LogP contribution in [-0.2, 0) is 0 Å². The topological polar surface area (TPSA) is 87.8 Å². The third-order valence-corrected chi connectivity index (χ3v) is 3.41. The summed E-state index contributed by atoms with van der Waals surface area (Å²) in [6.45, 7) is 0. The Morgan fingerprint density at radius 1 is 1.04 bits per heavy atom. The predicted molar refractivity (Wildman–Crippen MR) is 89.9 cm³/mol. The van der Waals surface area contributed by atoms with Gasteiger partial charge in [0.05, 0.1) is 16.8 Å². The van der Waals surface area contributed by atoms with Crippen LogP contribution in [0.15, 0.2) is 65.8 Å². The summed E-state index contributed by atoms with van der Waals surface area (Å²) in [4.78, 5) is 10.1. The minimum atomic E-state index is -0.457. The number of hydrogen-bond acceptors (Lipinski definition) is 5. The lowest BCUT2D eigenvalue weighted by molar-refractivity contribution is -0.384. The number of fused-ring (bicyclic) bond motifs is 1. The molecule has 0 atom stereocenters. The lowest BCUT2D eigenvalue weighted by Gasteiger charge is -2.05. The monoisotopic (exact) mass is 307 g/mol. The van der Waals surface area contributed by atoms with Gasteiger partial charge in [-0.1, -0.05) is 30.3 Å². The summed E-state index contributed by atoms with van der Waals surface area (Å²) in [5.41, 5.74) is 4.03. The standard InChI is InChI=1S/C17H13N3O3/c21-17-10-5-12-3-1-2-4-15(12)16(17)11-18-19-13-6-8-14(9-7-13)20(22)23/h1-11,19,21H/b18-11+. The van der Waals surface area contributed by atoms with E-state index in [-0.39, 0.29) is 11.4 Å². The minimum Gasteiger partial charge on any atom is -0.507 e. The Morgan fingerprint density at radius 2 is 1.78 bits per heavy atom. The van der Waals surface area contributed by atoms with E-state index in [2.05, 4.69) is 10.5 Å². The van der Waals surface area contributed by atoms with Gasteiger partial charge >= 0.3 is 0 Å². The zero-order chi connectivity index (χ0) is 16.2. The Balaban J connectivity index is 1.83. The lowest BCUT2D eigenvalue weighted by Crippen LogP contribution is -1.93. The first-order valence-corrected chi connectivity index (χ1v) is 6.89. The van der Waals surface area contributed by atoms with E-state index in [1.54, 1.807) is 18.2 Å². The summed E-state index contributed by atoms with van der Waals surface area (Å²) in [6, 6.07) is 17.1. The summed E-state index contributed by atoms with van der Waals surface area (Å²) in [6.07, 6.45) is 1.53. The quantitative estimate of drug-likeness (QED) is 0.434. The van der Waals surface area contributed by atoms with Gasteiger partial charge in [-0.05, 0) is 29.0 Å². The fourth-order valence-corrected chi connectivity index (χ4v) is 2.25. The molecular weight excluding hydrogens is 294 g/mol. The molecule has 23 heavy (non-hydrogen) atoms. The van der Waals surface area contributed by atoms with Crippen molar-refractivity contribution in [2.45, 2.75) is 0 Å². The number of nitrogens with one attached hydrogen (secondary N) is 1. The number of anilines is 1. The van der Waals surface area contributed by atoms with E-state index in [0.29, 0.717) is 11.3 Å². The summed E-state index contributed by atoms with van der Waals surface area (Å²) in [5.74, 6) is 0.137. The van der Waals surface area contributed by atoms with Crippen molar-refractivity contribution in [1.82, 2.24) is 0 Å². The van der Waals surface area contributed by atoms with Crippen LogP contribution in [0.1, 0.15) is 5.56 Å². The minimum absolute atomic E-state index is 0.0197. The molecule has 114 valence electrons. The first-order chi connectivity index (χ1) is 11.1. The molecule has 0 saturated heterocycles. The van der Waals surface area contributed by atoms with Gasteiger partial charge in [-0.15, -0.1) is 0 Å². The van der Waals surface area contributed by atoms with E-state index in [0.717, 1.165) is 10.8 Å². The lowest BCUT2D eigenvalue weighted by atomic mass is 10.0. The molecule has 3 aromatic carbocycles. The summed E-state index contributed by atoms with van der Waals surface area (Å²) in [5, 5.41) is 26.6. The highest BCUT2D eigenvalue weighted by Gasteiger charge is 2.05. The van der Waals surface area contributed by atoms with Crippen LogP contribution in [0.5, 0.6) is 5.75 Å². The number of aromatic hydroxyl groups is 1. The van der Waals surface area contributed by atoms with Gasteiger partial charge in [-0.2, -0.15) is 5.10 Å². The molecule has 0 heterocycles. The number of nitro groups is 1. The smallest absolute Gasteiger partial charge is 0.269 e. The molecule has 0 radical (unpaired) electrons. The average Bonchev–Trinajstić information content (AvgIpc) is 2.57. The second-order valence-electron chi connectivity index (χ2n) is 4.89. The highest BCUT2D eigenvalue weighted by atomic mass is 16.6. The Bertz CT molecular complexity index is 889. The normalized spacial score (nSPS) is 11.0. The van der Waals surface area contributed by atoms with Crippen molar-refractivity contribution in [3.63, 3.8) is 0 Å². The molecule has 3 aromatic rings. The Hall–Kier alpha value is -3.41. The molecule has 2 N–H and O–H groups in total. The van der Waals surface area contributed by atoms with E-state index in [1.807, 2.05) is 30.3 Å². The molecule has 0 amide bonds. The number of nitrogens with zero attached hydrogens (tertiary/aromatic N) is 2. The van der Waals surface area contributed by atoms with Gasteiger partial charge in [0.25, 0.3) is 5.69 Å². The van der Waals surface area contributed by atoms with Crippen molar-refractivity contribution < 1.29 is 10.0 Å². The van der Waals surface area contributed by atoms with Crippen LogP contribution < -0.4 is 5.43 Å². The van der Waals surface area contributed by atoms with Crippen molar-refractivity contribution in [3.05, 3.63) is 76.3 Å². The van der Waals surface area contributed by atoms with Crippen LogP contribution in [0, 0.1) is 10.1 Å². The number of non-ortho nitro benzene ring substituents is 1. The number of benzene rings is 3. The maximum Gasteiger partial charge on any atom is 0.269 e. The third-order valence-electron chi connectivity index (χ3n) is 3.41. The van der Waals surface area contributed by atoms with Crippen LogP contribution in [0.25, 0.3) is 10.8 Å². The van der Waals surface area contributed by atoms with Gasteiger partial charge in [0.1, 0.15) is 5.75 Å². The maximum atomic E-state index is 10.6. The maximum absolute atomic E-state index is 10.6. The number of hydrazone groups is 1. The Labute approximate surface area is 131 Å². The average molecular weight is 307 g/mol. The summed E-state index contributed by atoms with van der Waals surface area (Å²) in [7, 11) is 0. The Kier molecular flexibility index (Phi) is 3.88. The molecule has 0 bridgehead atoms. The van der Waals surface area contributed by atoms with Gasteiger partial charge in [0.15, 0.2) is 0 Å². The molecular formula is C17H13N3O3. The first kappa shape index (κ1) is 14.5. The summed E-state index contributed by atoms with van der Waals surface area (Å²) >= 11 is 0.